The zero-order valence-corrected chi connectivity index (χ0v) is 19.3. The van der Waals surface area contributed by atoms with Gasteiger partial charge in [0.2, 0.25) is 0 Å². The van der Waals surface area contributed by atoms with Crippen LogP contribution in [0.25, 0.3) is 5.76 Å². The van der Waals surface area contributed by atoms with E-state index >= 15 is 0 Å². The summed E-state index contributed by atoms with van der Waals surface area (Å²) in [6.45, 7) is 5.32. The molecular weight excluding hydrogens is 442 g/mol. The summed E-state index contributed by atoms with van der Waals surface area (Å²) in [7, 11) is 1.26. The molecule has 2 aromatic heterocycles. The fraction of sp³-hybridized carbons (Fsp3) is 0.208. The number of nitrogens with zero attached hydrogens (tertiary/aromatic N) is 3. The second kappa shape index (κ2) is 8.59. The number of thiazole rings is 1. The van der Waals surface area contributed by atoms with Crippen LogP contribution in [0.4, 0.5) is 5.13 Å². The molecule has 0 radical (unpaired) electrons. The molecule has 3 heterocycles. The monoisotopic (exact) mass is 463 g/mol. The highest BCUT2D eigenvalue weighted by Gasteiger charge is 2.48. The number of pyridine rings is 1. The van der Waals surface area contributed by atoms with Gasteiger partial charge in [-0.05, 0) is 50.1 Å². The third-order valence-corrected chi connectivity index (χ3v) is 6.61. The number of aromatic nitrogens is 2. The smallest absolute Gasteiger partial charge is 0.350 e. The van der Waals surface area contributed by atoms with Crippen molar-refractivity contribution in [1.29, 1.82) is 0 Å². The lowest BCUT2D eigenvalue weighted by atomic mass is 9.94. The SMILES string of the molecule is COC(=O)c1sc(N2C(=O)C(=O)C(=C(O)c3cc(C)ccc3C)C2c2ccncc2)nc1C. The number of esters is 1. The summed E-state index contributed by atoms with van der Waals surface area (Å²) in [5.74, 6) is -2.51. The van der Waals surface area contributed by atoms with Crippen LogP contribution < -0.4 is 4.90 Å². The molecule has 1 aliphatic heterocycles. The maximum atomic E-state index is 13.2. The number of hydrogen-bond acceptors (Lipinski definition) is 8. The van der Waals surface area contributed by atoms with Gasteiger partial charge in [0.1, 0.15) is 10.6 Å². The summed E-state index contributed by atoms with van der Waals surface area (Å²) < 4.78 is 4.80. The second-order valence-corrected chi connectivity index (χ2v) is 8.65. The van der Waals surface area contributed by atoms with Crippen molar-refractivity contribution in [2.24, 2.45) is 0 Å². The number of hydrogen-bond donors (Lipinski definition) is 1. The van der Waals surface area contributed by atoms with Gasteiger partial charge in [-0.25, -0.2) is 9.78 Å². The third kappa shape index (κ3) is 3.80. The van der Waals surface area contributed by atoms with E-state index in [1.807, 2.05) is 26.0 Å². The van der Waals surface area contributed by atoms with Gasteiger partial charge in [0.25, 0.3) is 5.78 Å². The number of amides is 1. The number of ketones is 1. The number of rotatable bonds is 4. The molecular formula is C24H21N3O5S. The number of aliphatic hydroxyl groups excluding tert-OH is 1. The minimum Gasteiger partial charge on any atom is -0.507 e. The normalized spacial score (nSPS) is 17.5. The topological polar surface area (TPSA) is 110 Å². The Kier molecular flexibility index (Phi) is 5.82. The molecule has 1 atom stereocenters. The van der Waals surface area contributed by atoms with Crippen molar-refractivity contribution in [2.75, 3.05) is 12.0 Å². The maximum absolute atomic E-state index is 13.2. The number of anilines is 1. The first-order valence-electron chi connectivity index (χ1n) is 10.1. The number of ether oxygens (including phenoxy) is 1. The Hall–Kier alpha value is -3.85. The highest BCUT2D eigenvalue weighted by molar-refractivity contribution is 7.17. The van der Waals surface area contributed by atoms with Crippen LogP contribution in [-0.4, -0.2) is 39.8 Å². The van der Waals surface area contributed by atoms with Gasteiger partial charge in [0, 0.05) is 18.0 Å². The third-order valence-electron chi connectivity index (χ3n) is 5.48. The number of benzene rings is 1. The molecule has 0 saturated carbocycles. The van der Waals surface area contributed by atoms with E-state index in [1.165, 1.54) is 12.0 Å². The summed E-state index contributed by atoms with van der Waals surface area (Å²) in [5.41, 5.74) is 3.03. The van der Waals surface area contributed by atoms with Crippen LogP contribution in [-0.2, 0) is 14.3 Å². The molecule has 4 rings (SSSR count). The van der Waals surface area contributed by atoms with Gasteiger partial charge in [0.15, 0.2) is 5.13 Å². The average molecular weight is 464 g/mol. The fourth-order valence-electron chi connectivity index (χ4n) is 3.79. The Labute approximate surface area is 194 Å². The van der Waals surface area contributed by atoms with E-state index in [9.17, 15) is 19.5 Å². The number of carbonyl (C=O) groups excluding carboxylic acids is 3. The van der Waals surface area contributed by atoms with E-state index in [1.54, 1.807) is 37.5 Å². The molecule has 3 aromatic rings. The van der Waals surface area contributed by atoms with Crippen LogP contribution in [0, 0.1) is 20.8 Å². The van der Waals surface area contributed by atoms with Gasteiger partial charge in [-0.1, -0.05) is 29.0 Å². The quantitative estimate of drug-likeness (QED) is 0.271. The van der Waals surface area contributed by atoms with Gasteiger partial charge >= 0.3 is 11.9 Å². The zero-order chi connectivity index (χ0) is 23.9. The first-order chi connectivity index (χ1) is 15.7. The Balaban J connectivity index is 1.96. The van der Waals surface area contributed by atoms with E-state index in [0.29, 0.717) is 16.8 Å². The zero-order valence-electron chi connectivity index (χ0n) is 18.4. The fourth-order valence-corrected chi connectivity index (χ4v) is 4.81. The minimum atomic E-state index is -0.941. The summed E-state index contributed by atoms with van der Waals surface area (Å²) in [6, 6.07) is 7.91. The number of aryl methyl sites for hydroxylation is 3. The Morgan fingerprint density at radius 3 is 2.48 bits per heavy atom. The molecule has 1 aromatic carbocycles. The summed E-state index contributed by atoms with van der Waals surface area (Å²) in [6.07, 6.45) is 3.08. The lowest BCUT2D eigenvalue weighted by molar-refractivity contribution is -0.132. The van der Waals surface area contributed by atoms with E-state index in [4.69, 9.17) is 4.74 Å². The number of methoxy groups -OCH3 is 1. The van der Waals surface area contributed by atoms with Crippen molar-refractivity contribution in [1.82, 2.24) is 9.97 Å². The largest absolute Gasteiger partial charge is 0.507 e. The van der Waals surface area contributed by atoms with Crippen LogP contribution in [0.15, 0.2) is 48.3 Å². The standard InChI is InChI=1S/C24H21N3O5S/c1-12-5-6-13(2)16(11-12)19(28)17-18(15-7-9-25-10-8-15)27(22(30)20(17)29)24-26-14(3)21(33-24)23(31)32-4/h5-11,18,28H,1-4H3. The predicted molar refractivity (Wildman–Crippen MR) is 123 cm³/mol. The minimum absolute atomic E-state index is 0.0487. The summed E-state index contributed by atoms with van der Waals surface area (Å²) in [5, 5.41) is 11.4. The Morgan fingerprint density at radius 1 is 1.12 bits per heavy atom. The Bertz CT molecular complexity index is 1310. The van der Waals surface area contributed by atoms with Crippen molar-refractivity contribution in [3.63, 3.8) is 0 Å². The molecule has 168 valence electrons. The van der Waals surface area contributed by atoms with Crippen LogP contribution in [0.1, 0.15) is 43.7 Å². The maximum Gasteiger partial charge on any atom is 0.350 e. The first-order valence-corrected chi connectivity index (χ1v) is 10.9. The molecule has 1 fully saturated rings. The van der Waals surface area contributed by atoms with Gasteiger partial charge in [-0.3, -0.25) is 19.5 Å². The number of Topliss-reactive ketones (excluding diaryl/α,β-unsaturated/α-hetero) is 1. The first kappa shape index (κ1) is 22.3. The van der Waals surface area contributed by atoms with Gasteiger partial charge < -0.3 is 9.84 Å². The number of carbonyl (C=O) groups is 3. The van der Waals surface area contributed by atoms with Crippen molar-refractivity contribution in [2.45, 2.75) is 26.8 Å². The van der Waals surface area contributed by atoms with Crippen molar-refractivity contribution >= 4 is 39.9 Å². The molecule has 8 nitrogen and oxygen atoms in total. The van der Waals surface area contributed by atoms with Crippen LogP contribution in [0.3, 0.4) is 0 Å². The molecule has 1 N–H and O–H groups in total. The molecule has 1 aliphatic rings. The molecule has 0 bridgehead atoms. The lowest BCUT2D eigenvalue weighted by Crippen LogP contribution is -2.29. The van der Waals surface area contributed by atoms with Gasteiger partial charge in [0.05, 0.1) is 24.4 Å². The lowest BCUT2D eigenvalue weighted by Gasteiger charge is -2.23. The molecule has 1 amide bonds. The second-order valence-electron chi connectivity index (χ2n) is 7.67. The van der Waals surface area contributed by atoms with Crippen molar-refractivity contribution in [3.05, 3.63) is 81.1 Å². The predicted octanol–water partition coefficient (Wildman–Crippen LogP) is 3.88. The van der Waals surface area contributed by atoms with Crippen LogP contribution >= 0.6 is 11.3 Å². The number of aliphatic hydroxyl groups is 1. The van der Waals surface area contributed by atoms with E-state index in [-0.39, 0.29) is 21.3 Å². The van der Waals surface area contributed by atoms with E-state index in [0.717, 1.165) is 22.5 Å². The highest BCUT2D eigenvalue weighted by Crippen LogP contribution is 2.44. The molecule has 33 heavy (non-hydrogen) atoms. The molecule has 0 aliphatic carbocycles. The van der Waals surface area contributed by atoms with Gasteiger partial charge in [-0.2, -0.15) is 0 Å². The van der Waals surface area contributed by atoms with Gasteiger partial charge in [-0.15, -0.1) is 0 Å². The molecule has 0 spiro atoms. The Morgan fingerprint density at radius 2 is 1.82 bits per heavy atom. The van der Waals surface area contributed by atoms with Crippen LogP contribution in [0.2, 0.25) is 0 Å². The van der Waals surface area contributed by atoms with Crippen LogP contribution in [0.5, 0.6) is 0 Å². The van der Waals surface area contributed by atoms with Crippen molar-refractivity contribution < 1.29 is 24.2 Å². The molecule has 9 heteroatoms. The summed E-state index contributed by atoms with van der Waals surface area (Å²) >= 11 is 0.956. The summed E-state index contributed by atoms with van der Waals surface area (Å²) in [4.78, 5) is 48.4. The van der Waals surface area contributed by atoms with Crippen molar-refractivity contribution in [3.8, 4) is 0 Å². The molecule has 1 unspecified atom stereocenters. The van der Waals surface area contributed by atoms with E-state index < -0.39 is 23.7 Å². The average Bonchev–Trinajstić information content (AvgIpc) is 3.32. The molecule has 1 saturated heterocycles. The van der Waals surface area contributed by atoms with E-state index in [2.05, 4.69) is 9.97 Å². The highest BCUT2D eigenvalue weighted by atomic mass is 32.1.